The van der Waals surface area contributed by atoms with E-state index in [-0.39, 0.29) is 17.1 Å². The van der Waals surface area contributed by atoms with Gasteiger partial charge in [0.2, 0.25) is 0 Å². The Morgan fingerprint density at radius 1 is 1.33 bits per heavy atom. The predicted octanol–water partition coefficient (Wildman–Crippen LogP) is 3.77. The fourth-order valence-corrected chi connectivity index (χ4v) is 1.75. The lowest BCUT2D eigenvalue weighted by Crippen LogP contribution is -2.34. The number of halogens is 2. The minimum atomic E-state index is -0.615. The van der Waals surface area contributed by atoms with Crippen molar-refractivity contribution in [3.05, 3.63) is 29.8 Å². The molecule has 0 amide bonds. The summed E-state index contributed by atoms with van der Waals surface area (Å²) >= 11 is 0. The molecule has 0 saturated carbocycles. The maximum atomic E-state index is 13.5. The molecule has 1 aromatic carbocycles. The van der Waals surface area contributed by atoms with Gasteiger partial charge in [0, 0.05) is 18.5 Å². The van der Waals surface area contributed by atoms with E-state index in [9.17, 15) is 13.6 Å². The third-order valence-corrected chi connectivity index (χ3v) is 2.88. The third-order valence-electron chi connectivity index (χ3n) is 2.88. The Kier molecular flexibility index (Phi) is 4.82. The number of carbonyl (C=O) groups excluding carboxylic acids is 1. The molecular weight excluding hydrogens is 236 g/mol. The molecule has 1 N–H and O–H groups in total. The summed E-state index contributed by atoms with van der Waals surface area (Å²) in [6.45, 7) is 6.03. The Labute approximate surface area is 106 Å². The van der Waals surface area contributed by atoms with Crippen LogP contribution >= 0.6 is 0 Å². The Balaban J connectivity index is 2.85. The highest BCUT2D eigenvalue weighted by molar-refractivity contribution is 5.50. The molecule has 1 atom stereocenters. The lowest BCUT2D eigenvalue weighted by molar-refractivity contribution is -0.108. The van der Waals surface area contributed by atoms with Crippen molar-refractivity contribution in [1.82, 2.24) is 0 Å². The van der Waals surface area contributed by atoms with Gasteiger partial charge in [0.05, 0.1) is 5.69 Å². The fraction of sp³-hybridized carbons (Fsp3) is 0.500. The first-order chi connectivity index (χ1) is 8.34. The number of anilines is 1. The number of aldehydes is 1. The summed E-state index contributed by atoms with van der Waals surface area (Å²) in [5, 5.41) is 3.05. The average Bonchev–Trinajstić information content (AvgIpc) is 2.25. The first-order valence-corrected chi connectivity index (χ1v) is 6.00. The van der Waals surface area contributed by atoms with E-state index in [1.54, 1.807) is 0 Å². The monoisotopic (exact) mass is 255 g/mol. The predicted molar refractivity (Wildman–Crippen MR) is 68.5 cm³/mol. The molecule has 0 spiro atoms. The van der Waals surface area contributed by atoms with Gasteiger partial charge in [-0.25, -0.2) is 8.78 Å². The highest BCUT2D eigenvalue weighted by Gasteiger charge is 2.24. The van der Waals surface area contributed by atoms with E-state index in [1.165, 1.54) is 12.1 Å². The van der Waals surface area contributed by atoms with E-state index in [0.29, 0.717) is 12.8 Å². The lowest BCUT2D eigenvalue weighted by atomic mass is 9.84. The summed E-state index contributed by atoms with van der Waals surface area (Å²) < 4.78 is 26.4. The van der Waals surface area contributed by atoms with Crippen LogP contribution in [0.2, 0.25) is 0 Å². The maximum Gasteiger partial charge on any atom is 0.149 e. The Bertz CT molecular complexity index is 413. The second-order valence-electron chi connectivity index (χ2n) is 5.43. The summed E-state index contributed by atoms with van der Waals surface area (Å²) in [4.78, 5) is 10.4. The van der Waals surface area contributed by atoms with Crippen LogP contribution in [0.4, 0.5) is 14.5 Å². The van der Waals surface area contributed by atoms with E-state index in [0.717, 1.165) is 12.4 Å². The molecule has 0 aliphatic carbocycles. The van der Waals surface area contributed by atoms with Gasteiger partial charge in [0.15, 0.2) is 0 Å². The summed E-state index contributed by atoms with van der Waals surface area (Å²) in [6.07, 6.45) is 1.88. The molecule has 0 aromatic heterocycles. The Morgan fingerprint density at radius 2 is 2.00 bits per heavy atom. The van der Waals surface area contributed by atoms with Gasteiger partial charge >= 0.3 is 0 Å². The van der Waals surface area contributed by atoms with Gasteiger partial charge in [0.1, 0.15) is 17.9 Å². The number of nitrogens with one attached hydrogen (secondary N) is 1. The molecule has 0 fully saturated rings. The van der Waals surface area contributed by atoms with Crippen LogP contribution in [0.15, 0.2) is 18.2 Å². The lowest BCUT2D eigenvalue weighted by Gasteiger charge is -2.32. The molecule has 4 heteroatoms. The molecule has 0 radical (unpaired) electrons. The topological polar surface area (TPSA) is 29.1 Å². The van der Waals surface area contributed by atoms with Crippen LogP contribution in [0.5, 0.6) is 0 Å². The van der Waals surface area contributed by atoms with Gasteiger partial charge in [-0.3, -0.25) is 0 Å². The van der Waals surface area contributed by atoms with Gasteiger partial charge < -0.3 is 10.1 Å². The van der Waals surface area contributed by atoms with E-state index in [2.05, 4.69) is 5.32 Å². The van der Waals surface area contributed by atoms with Crippen molar-refractivity contribution in [2.45, 2.75) is 39.7 Å². The first-order valence-electron chi connectivity index (χ1n) is 6.00. The zero-order valence-electron chi connectivity index (χ0n) is 11.0. The van der Waals surface area contributed by atoms with Crippen LogP contribution in [-0.4, -0.2) is 12.3 Å². The Morgan fingerprint density at radius 3 is 2.50 bits per heavy atom. The molecule has 0 aliphatic heterocycles. The van der Waals surface area contributed by atoms with Crippen LogP contribution in [0.1, 0.15) is 33.6 Å². The second kappa shape index (κ2) is 5.94. The maximum absolute atomic E-state index is 13.5. The number of hydrogen-bond acceptors (Lipinski definition) is 2. The smallest absolute Gasteiger partial charge is 0.149 e. The number of carbonyl (C=O) groups is 1. The van der Waals surface area contributed by atoms with Crippen LogP contribution in [-0.2, 0) is 4.79 Å². The molecular formula is C14H19F2NO. The van der Waals surface area contributed by atoms with Gasteiger partial charge in [-0.05, 0) is 24.0 Å². The van der Waals surface area contributed by atoms with Crippen molar-refractivity contribution >= 4 is 12.0 Å². The SMILES string of the molecule is CC(C)(C)C(CCC=O)Nc1ccc(F)cc1F. The van der Waals surface area contributed by atoms with Crippen molar-refractivity contribution in [3.8, 4) is 0 Å². The van der Waals surface area contributed by atoms with E-state index >= 15 is 0 Å². The summed E-state index contributed by atoms with van der Waals surface area (Å²) in [7, 11) is 0. The molecule has 0 bridgehead atoms. The van der Waals surface area contributed by atoms with Crippen LogP contribution in [0, 0.1) is 17.0 Å². The standard InChI is InChI=1S/C14H19F2NO/c1-14(2,3)13(5-4-8-18)17-12-7-6-10(15)9-11(12)16/h6-9,13,17H,4-5H2,1-3H3. The average molecular weight is 255 g/mol. The van der Waals surface area contributed by atoms with E-state index in [4.69, 9.17) is 0 Å². The Hall–Kier alpha value is -1.45. The first kappa shape index (κ1) is 14.6. The molecule has 1 aromatic rings. The van der Waals surface area contributed by atoms with E-state index < -0.39 is 11.6 Å². The number of hydrogen-bond donors (Lipinski definition) is 1. The quantitative estimate of drug-likeness (QED) is 0.811. The van der Waals surface area contributed by atoms with E-state index in [1.807, 2.05) is 20.8 Å². The van der Waals surface area contributed by atoms with Gasteiger partial charge in [-0.15, -0.1) is 0 Å². The minimum Gasteiger partial charge on any atom is -0.379 e. The zero-order chi connectivity index (χ0) is 13.8. The molecule has 1 unspecified atom stereocenters. The van der Waals surface area contributed by atoms with Crippen LogP contribution in [0.3, 0.4) is 0 Å². The molecule has 2 nitrogen and oxygen atoms in total. The third kappa shape index (κ3) is 4.09. The van der Waals surface area contributed by atoms with Gasteiger partial charge in [-0.1, -0.05) is 20.8 Å². The molecule has 18 heavy (non-hydrogen) atoms. The molecule has 100 valence electrons. The molecule has 0 heterocycles. The van der Waals surface area contributed by atoms with Gasteiger partial charge in [0.25, 0.3) is 0 Å². The van der Waals surface area contributed by atoms with Crippen molar-refractivity contribution < 1.29 is 13.6 Å². The molecule has 0 saturated heterocycles. The number of benzene rings is 1. The van der Waals surface area contributed by atoms with Crippen molar-refractivity contribution in [3.63, 3.8) is 0 Å². The van der Waals surface area contributed by atoms with Crippen molar-refractivity contribution in [2.24, 2.45) is 5.41 Å². The van der Waals surface area contributed by atoms with Gasteiger partial charge in [-0.2, -0.15) is 0 Å². The molecule has 0 aliphatic rings. The largest absolute Gasteiger partial charge is 0.379 e. The highest BCUT2D eigenvalue weighted by Crippen LogP contribution is 2.27. The fourth-order valence-electron chi connectivity index (χ4n) is 1.75. The number of rotatable bonds is 5. The summed E-state index contributed by atoms with van der Waals surface area (Å²) in [5.74, 6) is -1.21. The molecule has 1 rings (SSSR count). The summed E-state index contributed by atoms with van der Waals surface area (Å²) in [6, 6.07) is 3.39. The zero-order valence-corrected chi connectivity index (χ0v) is 11.0. The van der Waals surface area contributed by atoms with Crippen LogP contribution in [0.25, 0.3) is 0 Å². The van der Waals surface area contributed by atoms with Crippen molar-refractivity contribution in [2.75, 3.05) is 5.32 Å². The van der Waals surface area contributed by atoms with Crippen LogP contribution < -0.4 is 5.32 Å². The minimum absolute atomic E-state index is 0.0531. The normalized spacial score (nSPS) is 13.2. The van der Waals surface area contributed by atoms with Crippen molar-refractivity contribution in [1.29, 1.82) is 0 Å². The highest BCUT2D eigenvalue weighted by atomic mass is 19.1. The summed E-state index contributed by atoms with van der Waals surface area (Å²) in [5.41, 5.74) is 0.145. The second-order valence-corrected chi connectivity index (χ2v) is 5.43.